The third-order valence-electron chi connectivity index (χ3n) is 4.16. The molecule has 1 amide bonds. The number of hydrogen-bond donors (Lipinski definition) is 0. The molecule has 0 atom stereocenters. The van der Waals surface area contributed by atoms with Crippen LogP contribution in [0.4, 0.5) is 5.69 Å². The summed E-state index contributed by atoms with van der Waals surface area (Å²) in [7, 11) is 0. The van der Waals surface area contributed by atoms with Crippen molar-refractivity contribution in [1.29, 1.82) is 0 Å². The molecule has 2 aromatic carbocycles. The van der Waals surface area contributed by atoms with Crippen LogP contribution in [-0.4, -0.2) is 22.6 Å². The summed E-state index contributed by atoms with van der Waals surface area (Å²) >= 11 is 3.47. The molecule has 2 heterocycles. The van der Waals surface area contributed by atoms with E-state index in [-0.39, 0.29) is 12.5 Å². The molecule has 26 heavy (non-hydrogen) atoms. The fourth-order valence-corrected chi connectivity index (χ4v) is 3.30. The number of nitrogens with zero attached hydrogens (tertiary/aromatic N) is 3. The molecule has 0 unspecified atom stereocenters. The molecule has 0 aliphatic carbocycles. The van der Waals surface area contributed by atoms with Gasteiger partial charge in [0.25, 0.3) is 5.89 Å². The second-order valence-electron chi connectivity index (χ2n) is 5.91. The molecule has 132 valence electrons. The number of amides is 1. The van der Waals surface area contributed by atoms with Gasteiger partial charge in [0, 0.05) is 23.1 Å². The van der Waals surface area contributed by atoms with Gasteiger partial charge in [-0.1, -0.05) is 12.1 Å². The zero-order chi connectivity index (χ0) is 17.9. The number of carbonyl (C=O) groups is 1. The van der Waals surface area contributed by atoms with Crippen molar-refractivity contribution in [2.24, 2.45) is 0 Å². The van der Waals surface area contributed by atoms with Crippen LogP contribution < -0.4 is 9.64 Å². The molecule has 6 nitrogen and oxygen atoms in total. The van der Waals surface area contributed by atoms with E-state index in [1.807, 2.05) is 48.5 Å². The topological polar surface area (TPSA) is 68.5 Å². The van der Waals surface area contributed by atoms with Gasteiger partial charge in [-0.2, -0.15) is 0 Å². The van der Waals surface area contributed by atoms with Gasteiger partial charge in [-0.05, 0) is 58.7 Å². The molecule has 0 N–H and O–H groups in total. The number of anilines is 1. The minimum atomic E-state index is 0.170. The van der Waals surface area contributed by atoms with Crippen molar-refractivity contribution >= 4 is 27.5 Å². The second-order valence-corrected chi connectivity index (χ2v) is 6.77. The normalized spacial score (nSPS) is 14.0. The van der Waals surface area contributed by atoms with Gasteiger partial charge < -0.3 is 14.1 Å². The Hall–Kier alpha value is -2.67. The van der Waals surface area contributed by atoms with Gasteiger partial charge in [-0.15, -0.1) is 10.2 Å². The first-order valence-corrected chi connectivity index (χ1v) is 9.10. The first-order valence-electron chi connectivity index (χ1n) is 8.31. The Labute approximate surface area is 158 Å². The molecule has 3 aromatic rings. The van der Waals surface area contributed by atoms with Gasteiger partial charge >= 0.3 is 0 Å². The smallest absolute Gasteiger partial charge is 0.254 e. The van der Waals surface area contributed by atoms with Gasteiger partial charge in [-0.3, -0.25) is 4.79 Å². The number of halogens is 1. The molecular weight excluding hydrogens is 398 g/mol. The van der Waals surface area contributed by atoms with E-state index in [4.69, 9.17) is 9.15 Å². The van der Waals surface area contributed by atoms with Gasteiger partial charge in [0.1, 0.15) is 5.75 Å². The maximum atomic E-state index is 11.8. The van der Waals surface area contributed by atoms with Crippen molar-refractivity contribution in [2.45, 2.75) is 19.4 Å². The number of aromatic nitrogens is 2. The van der Waals surface area contributed by atoms with E-state index in [2.05, 4.69) is 26.1 Å². The average Bonchev–Trinajstić information content (AvgIpc) is 3.30. The van der Waals surface area contributed by atoms with Crippen molar-refractivity contribution in [1.82, 2.24) is 10.2 Å². The van der Waals surface area contributed by atoms with Crippen LogP contribution in [0.1, 0.15) is 18.7 Å². The minimum absolute atomic E-state index is 0.170. The second kappa shape index (κ2) is 7.29. The zero-order valence-electron chi connectivity index (χ0n) is 13.9. The number of benzene rings is 2. The number of carbonyl (C=O) groups excluding carboxylic acids is 1. The summed E-state index contributed by atoms with van der Waals surface area (Å²) < 4.78 is 12.3. The highest BCUT2D eigenvalue weighted by Crippen LogP contribution is 2.27. The highest BCUT2D eigenvalue weighted by Gasteiger charge is 2.21. The summed E-state index contributed by atoms with van der Waals surface area (Å²) in [6, 6.07) is 15.1. The summed E-state index contributed by atoms with van der Waals surface area (Å²) in [6.45, 7) is 0.957. The van der Waals surface area contributed by atoms with E-state index >= 15 is 0 Å². The van der Waals surface area contributed by atoms with Crippen LogP contribution in [0.15, 0.2) is 57.4 Å². The summed E-state index contributed by atoms with van der Waals surface area (Å²) in [5.74, 6) is 1.69. The van der Waals surface area contributed by atoms with Crippen LogP contribution in [0.3, 0.4) is 0 Å². The molecule has 4 rings (SSSR count). The molecule has 1 aliphatic rings. The molecular formula is C19H16BrN3O3. The Bertz CT molecular complexity index is 924. The zero-order valence-corrected chi connectivity index (χ0v) is 15.5. The van der Waals surface area contributed by atoms with Gasteiger partial charge in [0.2, 0.25) is 11.8 Å². The van der Waals surface area contributed by atoms with E-state index in [1.54, 1.807) is 4.90 Å². The van der Waals surface area contributed by atoms with Crippen LogP contribution in [0.5, 0.6) is 5.75 Å². The molecule has 0 radical (unpaired) electrons. The molecule has 0 bridgehead atoms. The number of ether oxygens (including phenoxy) is 1. The molecule has 1 aromatic heterocycles. The third-order valence-corrected chi connectivity index (χ3v) is 4.85. The van der Waals surface area contributed by atoms with E-state index in [1.165, 1.54) is 0 Å². The SMILES string of the molecule is O=C1CCCN1c1ccc(OCc2nnc(-c3ccccc3Br)o2)cc1. The molecule has 1 aliphatic heterocycles. The summed E-state index contributed by atoms with van der Waals surface area (Å²) in [6.07, 6.45) is 1.53. The highest BCUT2D eigenvalue weighted by atomic mass is 79.9. The van der Waals surface area contributed by atoms with Crippen LogP contribution in [0.2, 0.25) is 0 Å². The summed E-state index contributed by atoms with van der Waals surface area (Å²) in [5.41, 5.74) is 1.74. The number of hydrogen-bond acceptors (Lipinski definition) is 5. The standard InChI is InChI=1S/C19H16BrN3O3/c20-16-5-2-1-4-15(16)19-22-21-17(26-19)12-25-14-9-7-13(8-10-14)23-11-3-6-18(23)24/h1-2,4-5,7-10H,3,6,11-12H2. The molecule has 0 saturated carbocycles. The first kappa shape index (κ1) is 16.8. The monoisotopic (exact) mass is 413 g/mol. The van der Waals surface area contributed by atoms with E-state index < -0.39 is 0 Å². The maximum absolute atomic E-state index is 11.8. The summed E-state index contributed by atoms with van der Waals surface area (Å²) in [4.78, 5) is 13.6. The molecule has 1 fully saturated rings. The van der Waals surface area contributed by atoms with Crippen molar-refractivity contribution in [3.63, 3.8) is 0 Å². The van der Waals surface area contributed by atoms with Crippen LogP contribution in [0.25, 0.3) is 11.5 Å². The van der Waals surface area contributed by atoms with Crippen molar-refractivity contribution in [3.8, 4) is 17.2 Å². The Balaban J connectivity index is 1.40. The fourth-order valence-electron chi connectivity index (χ4n) is 2.84. The lowest BCUT2D eigenvalue weighted by Crippen LogP contribution is -2.23. The van der Waals surface area contributed by atoms with Gasteiger partial charge in [0.05, 0.1) is 5.56 Å². The lowest BCUT2D eigenvalue weighted by Gasteiger charge is -2.15. The van der Waals surface area contributed by atoms with Crippen molar-refractivity contribution < 1.29 is 13.9 Å². The quantitative estimate of drug-likeness (QED) is 0.626. The molecule has 1 saturated heterocycles. The largest absolute Gasteiger partial charge is 0.484 e. The third kappa shape index (κ3) is 3.48. The molecule has 7 heteroatoms. The molecule has 0 spiro atoms. The predicted molar refractivity (Wildman–Crippen MR) is 99.8 cm³/mol. The average molecular weight is 414 g/mol. The van der Waals surface area contributed by atoms with Gasteiger partial charge in [0.15, 0.2) is 6.61 Å². The van der Waals surface area contributed by atoms with E-state index in [0.717, 1.165) is 28.7 Å². The summed E-state index contributed by atoms with van der Waals surface area (Å²) in [5, 5.41) is 8.09. The first-order chi connectivity index (χ1) is 12.7. The Morgan fingerprint density at radius 1 is 1.12 bits per heavy atom. The van der Waals surface area contributed by atoms with Crippen LogP contribution >= 0.6 is 15.9 Å². The minimum Gasteiger partial charge on any atom is -0.484 e. The predicted octanol–water partition coefficient (Wildman–Crippen LogP) is 4.20. The fraction of sp³-hybridized carbons (Fsp3) is 0.211. The Kier molecular flexibility index (Phi) is 4.71. The lowest BCUT2D eigenvalue weighted by atomic mass is 10.2. The highest BCUT2D eigenvalue weighted by molar-refractivity contribution is 9.10. The lowest BCUT2D eigenvalue weighted by molar-refractivity contribution is -0.117. The van der Waals surface area contributed by atoms with Gasteiger partial charge in [-0.25, -0.2) is 0 Å². The van der Waals surface area contributed by atoms with Crippen molar-refractivity contribution in [3.05, 3.63) is 58.9 Å². The van der Waals surface area contributed by atoms with Crippen molar-refractivity contribution in [2.75, 3.05) is 11.4 Å². The van der Waals surface area contributed by atoms with E-state index in [0.29, 0.717) is 24.0 Å². The van der Waals surface area contributed by atoms with Crippen LogP contribution in [0, 0.1) is 0 Å². The Morgan fingerprint density at radius 3 is 2.65 bits per heavy atom. The number of rotatable bonds is 5. The maximum Gasteiger partial charge on any atom is 0.254 e. The Morgan fingerprint density at radius 2 is 1.92 bits per heavy atom. The van der Waals surface area contributed by atoms with E-state index in [9.17, 15) is 4.79 Å². The van der Waals surface area contributed by atoms with Crippen LogP contribution in [-0.2, 0) is 11.4 Å².